The first-order valence-electron chi connectivity index (χ1n) is 7.46. The number of para-hydroxylation sites is 1. The number of hydrogen-bond acceptors (Lipinski definition) is 4. The van der Waals surface area contributed by atoms with Crippen molar-refractivity contribution in [1.82, 2.24) is 14.8 Å². The van der Waals surface area contributed by atoms with Crippen molar-refractivity contribution in [3.8, 4) is 17.1 Å². The van der Waals surface area contributed by atoms with E-state index in [0.29, 0.717) is 15.9 Å². The van der Waals surface area contributed by atoms with Gasteiger partial charge in [-0.3, -0.25) is 9.36 Å². The predicted octanol–water partition coefficient (Wildman–Crippen LogP) is 4.58. The molecule has 0 aliphatic heterocycles. The fraction of sp³-hybridized carbons (Fsp3) is 0.167. The van der Waals surface area contributed by atoms with Gasteiger partial charge >= 0.3 is 0 Å². The van der Waals surface area contributed by atoms with Gasteiger partial charge in [-0.05, 0) is 49.7 Å². The number of aromatic nitrogens is 3. The Bertz CT molecular complexity index is 874. The molecule has 0 spiro atoms. The Morgan fingerprint density at radius 1 is 1.12 bits per heavy atom. The summed E-state index contributed by atoms with van der Waals surface area (Å²) in [5, 5.41) is 10.0. The minimum absolute atomic E-state index is 0.104. The highest BCUT2D eigenvalue weighted by Gasteiger charge is 2.17. The number of thioether (sulfide) groups is 1. The molecule has 0 aliphatic rings. The number of Topliss-reactive ketones (excluding diaryl/α,β-unsaturated/α-hetero) is 1. The van der Waals surface area contributed by atoms with Crippen LogP contribution < -0.4 is 0 Å². The molecule has 6 heteroatoms. The Morgan fingerprint density at radius 3 is 2.50 bits per heavy atom. The van der Waals surface area contributed by atoms with Crippen molar-refractivity contribution in [3.63, 3.8) is 0 Å². The number of ketones is 1. The van der Waals surface area contributed by atoms with Gasteiger partial charge < -0.3 is 0 Å². The third kappa shape index (κ3) is 3.52. The monoisotopic (exact) mass is 357 g/mol. The first-order chi connectivity index (χ1) is 11.6. The maximum atomic E-state index is 11.4. The molecule has 2 aromatic carbocycles. The Kier molecular flexibility index (Phi) is 5.02. The summed E-state index contributed by atoms with van der Waals surface area (Å²) in [5.41, 5.74) is 3.03. The van der Waals surface area contributed by atoms with Gasteiger partial charge in [0.05, 0.1) is 11.4 Å². The number of carbonyl (C=O) groups is 1. The van der Waals surface area contributed by atoms with E-state index in [1.54, 1.807) is 6.92 Å². The van der Waals surface area contributed by atoms with Crippen LogP contribution in [0.15, 0.2) is 53.7 Å². The van der Waals surface area contributed by atoms with E-state index in [9.17, 15) is 4.79 Å². The van der Waals surface area contributed by atoms with Gasteiger partial charge in [0.2, 0.25) is 0 Å². The maximum Gasteiger partial charge on any atom is 0.196 e. The van der Waals surface area contributed by atoms with Crippen LogP contribution in [0.25, 0.3) is 17.1 Å². The topological polar surface area (TPSA) is 47.8 Å². The molecule has 0 radical (unpaired) electrons. The van der Waals surface area contributed by atoms with E-state index >= 15 is 0 Å². The average molecular weight is 358 g/mol. The second-order valence-electron chi connectivity index (χ2n) is 5.43. The number of carbonyl (C=O) groups excluding carboxylic acids is 1. The van der Waals surface area contributed by atoms with E-state index in [0.717, 1.165) is 22.6 Å². The molecule has 0 atom stereocenters. The molecule has 3 aromatic rings. The highest BCUT2D eigenvalue weighted by atomic mass is 35.5. The molecular weight excluding hydrogens is 342 g/mol. The fourth-order valence-electron chi connectivity index (χ4n) is 2.35. The van der Waals surface area contributed by atoms with Crippen molar-refractivity contribution in [2.75, 3.05) is 5.75 Å². The fourth-order valence-corrected chi connectivity index (χ4v) is 3.22. The summed E-state index contributed by atoms with van der Waals surface area (Å²) in [7, 11) is 0. The first-order valence-corrected chi connectivity index (χ1v) is 8.82. The molecule has 1 heterocycles. The summed E-state index contributed by atoms with van der Waals surface area (Å²) >= 11 is 7.38. The third-order valence-electron chi connectivity index (χ3n) is 3.50. The lowest BCUT2D eigenvalue weighted by molar-refractivity contribution is -0.114. The van der Waals surface area contributed by atoms with Crippen molar-refractivity contribution in [3.05, 3.63) is 59.1 Å². The number of halogens is 1. The first kappa shape index (κ1) is 16.7. The third-order valence-corrected chi connectivity index (χ3v) is 4.82. The standard InChI is InChI=1S/C18H16ClN3OS/c1-12-5-3-4-6-16(12)22-17(14-7-9-15(19)10-8-14)20-21-18(22)24-11-13(2)23/h3-10H,11H2,1-2H3. The van der Waals surface area contributed by atoms with E-state index in [1.165, 1.54) is 11.8 Å². The van der Waals surface area contributed by atoms with Gasteiger partial charge in [0.15, 0.2) is 11.0 Å². The van der Waals surface area contributed by atoms with Crippen LogP contribution in [0.4, 0.5) is 0 Å². The van der Waals surface area contributed by atoms with Gasteiger partial charge in [-0.25, -0.2) is 0 Å². The molecule has 1 aromatic heterocycles. The summed E-state index contributed by atoms with van der Waals surface area (Å²) < 4.78 is 1.99. The molecular formula is C18H16ClN3OS. The van der Waals surface area contributed by atoms with Gasteiger partial charge in [-0.15, -0.1) is 10.2 Å². The lowest BCUT2D eigenvalue weighted by Gasteiger charge is -2.12. The number of hydrogen-bond donors (Lipinski definition) is 0. The molecule has 0 N–H and O–H groups in total. The Labute approximate surface area is 149 Å². The normalized spacial score (nSPS) is 10.8. The highest BCUT2D eigenvalue weighted by molar-refractivity contribution is 7.99. The summed E-state index contributed by atoms with van der Waals surface area (Å²) in [4.78, 5) is 11.4. The summed E-state index contributed by atoms with van der Waals surface area (Å²) in [6, 6.07) is 15.5. The molecule has 24 heavy (non-hydrogen) atoms. The Balaban J connectivity index is 2.14. The summed E-state index contributed by atoms with van der Waals surface area (Å²) in [6.07, 6.45) is 0. The summed E-state index contributed by atoms with van der Waals surface area (Å²) in [5.74, 6) is 1.20. The van der Waals surface area contributed by atoms with E-state index < -0.39 is 0 Å². The molecule has 0 saturated heterocycles. The van der Waals surface area contributed by atoms with Gasteiger partial charge in [0.1, 0.15) is 5.78 Å². The van der Waals surface area contributed by atoms with Crippen LogP contribution in [0.3, 0.4) is 0 Å². The van der Waals surface area contributed by atoms with Crippen molar-refractivity contribution >= 4 is 29.1 Å². The van der Waals surface area contributed by atoms with Gasteiger partial charge in [0.25, 0.3) is 0 Å². The van der Waals surface area contributed by atoms with Crippen LogP contribution in [0.1, 0.15) is 12.5 Å². The van der Waals surface area contributed by atoms with E-state index in [4.69, 9.17) is 11.6 Å². The van der Waals surface area contributed by atoms with E-state index in [-0.39, 0.29) is 5.78 Å². The number of aryl methyl sites for hydroxylation is 1. The zero-order valence-corrected chi connectivity index (χ0v) is 14.9. The molecule has 3 rings (SSSR count). The smallest absolute Gasteiger partial charge is 0.196 e. The van der Waals surface area contributed by atoms with Crippen molar-refractivity contribution in [1.29, 1.82) is 0 Å². The van der Waals surface area contributed by atoms with Crippen LogP contribution in [0.5, 0.6) is 0 Å². The van der Waals surface area contributed by atoms with Gasteiger partial charge in [0, 0.05) is 10.6 Å². The largest absolute Gasteiger partial charge is 0.299 e. The molecule has 0 aliphatic carbocycles. The van der Waals surface area contributed by atoms with Crippen LogP contribution in [-0.4, -0.2) is 26.3 Å². The minimum atomic E-state index is 0.104. The van der Waals surface area contributed by atoms with Crippen molar-refractivity contribution in [2.24, 2.45) is 0 Å². The van der Waals surface area contributed by atoms with Crippen LogP contribution in [0, 0.1) is 6.92 Å². The van der Waals surface area contributed by atoms with Crippen molar-refractivity contribution in [2.45, 2.75) is 19.0 Å². The minimum Gasteiger partial charge on any atom is -0.299 e. The zero-order chi connectivity index (χ0) is 17.1. The predicted molar refractivity (Wildman–Crippen MR) is 97.9 cm³/mol. The Morgan fingerprint density at radius 2 is 1.83 bits per heavy atom. The van der Waals surface area contributed by atoms with Crippen LogP contribution >= 0.6 is 23.4 Å². The molecule has 4 nitrogen and oxygen atoms in total. The molecule has 0 fully saturated rings. The van der Waals surface area contributed by atoms with E-state index in [1.807, 2.05) is 60.0 Å². The number of nitrogens with zero attached hydrogens (tertiary/aromatic N) is 3. The number of benzene rings is 2. The Hall–Kier alpha value is -2.11. The zero-order valence-electron chi connectivity index (χ0n) is 13.4. The van der Waals surface area contributed by atoms with Crippen molar-refractivity contribution < 1.29 is 4.79 Å². The van der Waals surface area contributed by atoms with Gasteiger partial charge in [-0.1, -0.05) is 41.6 Å². The van der Waals surface area contributed by atoms with Crippen LogP contribution in [0.2, 0.25) is 5.02 Å². The van der Waals surface area contributed by atoms with Crippen LogP contribution in [-0.2, 0) is 4.79 Å². The number of rotatable bonds is 5. The maximum absolute atomic E-state index is 11.4. The average Bonchev–Trinajstić information content (AvgIpc) is 2.98. The lowest BCUT2D eigenvalue weighted by atomic mass is 10.1. The molecule has 122 valence electrons. The molecule has 0 saturated carbocycles. The molecule has 0 bridgehead atoms. The van der Waals surface area contributed by atoms with Gasteiger partial charge in [-0.2, -0.15) is 0 Å². The second-order valence-corrected chi connectivity index (χ2v) is 6.80. The van der Waals surface area contributed by atoms with E-state index in [2.05, 4.69) is 10.2 Å². The molecule has 0 amide bonds. The quantitative estimate of drug-likeness (QED) is 0.627. The SMILES string of the molecule is CC(=O)CSc1nnc(-c2ccc(Cl)cc2)n1-c1ccccc1C. The highest BCUT2D eigenvalue weighted by Crippen LogP contribution is 2.29. The lowest BCUT2D eigenvalue weighted by Crippen LogP contribution is -2.03. The second kappa shape index (κ2) is 7.20. The molecule has 0 unspecified atom stereocenters. The summed E-state index contributed by atoms with van der Waals surface area (Å²) in [6.45, 7) is 3.61.